The number of fused-ring (bicyclic) bond motifs is 2. The van der Waals surface area contributed by atoms with Gasteiger partial charge in [0.2, 0.25) is 5.91 Å². The molecule has 1 amide bonds. The van der Waals surface area contributed by atoms with E-state index in [0.29, 0.717) is 5.92 Å². The molecule has 4 nitrogen and oxygen atoms in total. The average molecular weight is 253 g/mol. The van der Waals surface area contributed by atoms with E-state index in [9.17, 15) is 9.59 Å². The predicted octanol–water partition coefficient (Wildman–Crippen LogP) is 1.88. The molecule has 2 fully saturated rings. The highest BCUT2D eigenvalue weighted by Gasteiger charge is 2.42. The Labute approximate surface area is 108 Å². The van der Waals surface area contributed by atoms with Crippen LogP contribution in [0, 0.1) is 17.8 Å². The van der Waals surface area contributed by atoms with Crippen LogP contribution in [0.25, 0.3) is 0 Å². The van der Waals surface area contributed by atoms with Crippen molar-refractivity contribution in [3.8, 4) is 0 Å². The Balaban J connectivity index is 1.72. The minimum absolute atomic E-state index is 0.0318. The van der Waals surface area contributed by atoms with E-state index in [0.717, 1.165) is 11.8 Å². The monoisotopic (exact) mass is 253 g/mol. The Morgan fingerprint density at radius 1 is 1.28 bits per heavy atom. The second-order valence-electron chi connectivity index (χ2n) is 5.77. The van der Waals surface area contributed by atoms with E-state index in [2.05, 4.69) is 17.0 Å². The maximum Gasteiger partial charge on any atom is 0.306 e. The van der Waals surface area contributed by atoms with Crippen LogP contribution in [-0.2, 0) is 14.3 Å². The van der Waals surface area contributed by atoms with Gasteiger partial charge in [-0.25, -0.2) is 0 Å². The first-order valence-corrected chi connectivity index (χ1v) is 6.96. The summed E-state index contributed by atoms with van der Waals surface area (Å²) in [6.45, 7) is 2.10. The first kappa shape index (κ1) is 13.4. The van der Waals surface area contributed by atoms with E-state index < -0.39 is 0 Å². The lowest BCUT2D eigenvalue weighted by Crippen LogP contribution is -2.40. The van der Waals surface area contributed by atoms with Crippen molar-refractivity contribution in [1.29, 1.82) is 0 Å². The Bertz CT molecular complexity index is 329. The van der Waals surface area contributed by atoms with Gasteiger partial charge in [0.1, 0.15) is 0 Å². The minimum Gasteiger partial charge on any atom is -0.469 e. The molecular formula is C14H23NO3. The number of hydrogen-bond donors (Lipinski definition) is 1. The van der Waals surface area contributed by atoms with Crippen LogP contribution in [0.1, 0.15) is 45.4 Å². The van der Waals surface area contributed by atoms with Crippen molar-refractivity contribution in [3.05, 3.63) is 0 Å². The summed E-state index contributed by atoms with van der Waals surface area (Å²) in [6, 6.07) is 0.241. The molecule has 2 aliphatic carbocycles. The van der Waals surface area contributed by atoms with Gasteiger partial charge in [-0.05, 0) is 43.9 Å². The zero-order valence-corrected chi connectivity index (χ0v) is 11.3. The topological polar surface area (TPSA) is 55.4 Å². The van der Waals surface area contributed by atoms with E-state index >= 15 is 0 Å². The van der Waals surface area contributed by atoms with Crippen LogP contribution < -0.4 is 5.32 Å². The quantitative estimate of drug-likeness (QED) is 0.761. The van der Waals surface area contributed by atoms with Crippen molar-refractivity contribution >= 4 is 11.9 Å². The largest absolute Gasteiger partial charge is 0.469 e. The molecule has 0 aromatic heterocycles. The lowest BCUT2D eigenvalue weighted by molar-refractivity contribution is -0.142. The number of rotatable bonds is 5. The standard InChI is InChI=1S/C14H23NO3/c1-9(12-8-10-3-4-11(12)7-10)15-13(16)5-6-14(17)18-2/h9-12H,3-8H2,1-2H3,(H,15,16). The molecule has 2 rings (SSSR count). The van der Waals surface area contributed by atoms with Gasteiger partial charge in [-0.2, -0.15) is 0 Å². The zero-order chi connectivity index (χ0) is 13.1. The Morgan fingerprint density at radius 2 is 2.06 bits per heavy atom. The van der Waals surface area contributed by atoms with Gasteiger partial charge >= 0.3 is 5.97 Å². The van der Waals surface area contributed by atoms with Gasteiger partial charge in [0.15, 0.2) is 0 Å². The third-order valence-corrected chi connectivity index (χ3v) is 4.61. The minimum atomic E-state index is -0.322. The highest BCUT2D eigenvalue weighted by atomic mass is 16.5. The maximum atomic E-state index is 11.7. The molecule has 0 heterocycles. The molecule has 2 saturated carbocycles. The number of methoxy groups -OCH3 is 1. The summed E-state index contributed by atoms with van der Waals surface area (Å²) in [6.07, 6.45) is 5.74. The van der Waals surface area contributed by atoms with Crippen LogP contribution in [-0.4, -0.2) is 25.0 Å². The number of ether oxygens (including phenoxy) is 1. The SMILES string of the molecule is COC(=O)CCC(=O)NC(C)C1CC2CCC1C2. The van der Waals surface area contributed by atoms with Crippen LogP contribution >= 0.6 is 0 Å². The first-order valence-electron chi connectivity index (χ1n) is 6.96. The molecule has 0 spiro atoms. The summed E-state index contributed by atoms with van der Waals surface area (Å²) in [5.41, 5.74) is 0. The fraction of sp³-hybridized carbons (Fsp3) is 0.857. The zero-order valence-electron chi connectivity index (χ0n) is 11.3. The molecule has 1 N–H and O–H groups in total. The van der Waals surface area contributed by atoms with Crippen molar-refractivity contribution in [2.45, 2.75) is 51.5 Å². The molecule has 0 aromatic rings. The summed E-state index contributed by atoms with van der Waals surface area (Å²) in [7, 11) is 1.35. The number of nitrogens with one attached hydrogen (secondary N) is 1. The second kappa shape index (κ2) is 5.72. The second-order valence-corrected chi connectivity index (χ2v) is 5.77. The van der Waals surface area contributed by atoms with E-state index in [1.54, 1.807) is 0 Å². The molecule has 0 aromatic carbocycles. The molecule has 18 heavy (non-hydrogen) atoms. The van der Waals surface area contributed by atoms with E-state index in [-0.39, 0.29) is 30.8 Å². The fourth-order valence-electron chi connectivity index (χ4n) is 3.66. The highest BCUT2D eigenvalue weighted by molar-refractivity contribution is 5.81. The van der Waals surface area contributed by atoms with E-state index in [1.807, 2.05) is 0 Å². The van der Waals surface area contributed by atoms with Crippen molar-refractivity contribution in [3.63, 3.8) is 0 Å². The fourth-order valence-corrected chi connectivity index (χ4v) is 3.66. The lowest BCUT2D eigenvalue weighted by atomic mass is 9.84. The molecule has 0 aliphatic heterocycles. The average Bonchev–Trinajstić information content (AvgIpc) is 2.97. The summed E-state index contributed by atoms with van der Waals surface area (Å²) >= 11 is 0. The number of carbonyl (C=O) groups is 2. The van der Waals surface area contributed by atoms with Crippen molar-refractivity contribution in [2.24, 2.45) is 17.8 Å². The predicted molar refractivity (Wildman–Crippen MR) is 67.8 cm³/mol. The van der Waals surface area contributed by atoms with Crippen LogP contribution in [0.4, 0.5) is 0 Å². The van der Waals surface area contributed by atoms with Gasteiger partial charge < -0.3 is 10.1 Å². The molecule has 0 radical (unpaired) electrons. The number of amides is 1. The van der Waals surface area contributed by atoms with E-state index in [4.69, 9.17) is 0 Å². The smallest absolute Gasteiger partial charge is 0.306 e. The van der Waals surface area contributed by atoms with Crippen LogP contribution in [0.15, 0.2) is 0 Å². The van der Waals surface area contributed by atoms with Crippen molar-refractivity contribution < 1.29 is 14.3 Å². The summed E-state index contributed by atoms with van der Waals surface area (Å²) < 4.78 is 4.53. The summed E-state index contributed by atoms with van der Waals surface area (Å²) in [5.74, 6) is 2.00. The first-order chi connectivity index (χ1) is 8.60. The maximum absolute atomic E-state index is 11.7. The number of carbonyl (C=O) groups excluding carboxylic acids is 2. The van der Waals surface area contributed by atoms with Gasteiger partial charge in [-0.3, -0.25) is 9.59 Å². The molecule has 4 atom stereocenters. The van der Waals surface area contributed by atoms with Gasteiger partial charge in [-0.1, -0.05) is 6.42 Å². The van der Waals surface area contributed by atoms with Gasteiger partial charge in [0.25, 0.3) is 0 Å². The Morgan fingerprint density at radius 3 is 2.61 bits per heavy atom. The molecular weight excluding hydrogens is 230 g/mol. The molecule has 4 heteroatoms. The van der Waals surface area contributed by atoms with E-state index in [1.165, 1.54) is 32.8 Å². The summed E-state index contributed by atoms with van der Waals surface area (Å²) in [5, 5.41) is 3.04. The van der Waals surface area contributed by atoms with Crippen molar-refractivity contribution in [2.75, 3.05) is 7.11 Å². The van der Waals surface area contributed by atoms with Crippen LogP contribution in [0.5, 0.6) is 0 Å². The molecule has 102 valence electrons. The molecule has 0 saturated heterocycles. The highest BCUT2D eigenvalue weighted by Crippen LogP contribution is 2.49. The third-order valence-electron chi connectivity index (χ3n) is 4.61. The number of esters is 1. The number of hydrogen-bond acceptors (Lipinski definition) is 3. The van der Waals surface area contributed by atoms with Crippen LogP contribution in [0.2, 0.25) is 0 Å². The Hall–Kier alpha value is -1.06. The molecule has 4 unspecified atom stereocenters. The van der Waals surface area contributed by atoms with Crippen molar-refractivity contribution in [1.82, 2.24) is 5.32 Å². The summed E-state index contributed by atoms with van der Waals surface area (Å²) in [4.78, 5) is 22.7. The van der Waals surface area contributed by atoms with Gasteiger partial charge in [-0.15, -0.1) is 0 Å². The molecule has 2 bridgehead atoms. The normalized spacial score (nSPS) is 31.1. The van der Waals surface area contributed by atoms with Crippen LogP contribution in [0.3, 0.4) is 0 Å². The van der Waals surface area contributed by atoms with Gasteiger partial charge in [0.05, 0.1) is 13.5 Å². The third kappa shape index (κ3) is 3.03. The molecule has 2 aliphatic rings. The Kier molecular flexibility index (Phi) is 4.25. The lowest BCUT2D eigenvalue weighted by Gasteiger charge is -2.28. The van der Waals surface area contributed by atoms with Gasteiger partial charge in [0, 0.05) is 12.5 Å².